The van der Waals surface area contributed by atoms with Crippen molar-refractivity contribution in [3.05, 3.63) is 0 Å². The van der Waals surface area contributed by atoms with Gasteiger partial charge in [-0.1, -0.05) is 20.8 Å². The predicted molar refractivity (Wildman–Crippen MR) is 78.3 cm³/mol. The van der Waals surface area contributed by atoms with Crippen molar-refractivity contribution in [2.24, 2.45) is 5.92 Å². The first kappa shape index (κ1) is 17.1. The molecule has 1 N–H and O–H groups in total. The summed E-state index contributed by atoms with van der Waals surface area (Å²) in [6.45, 7) is 11.2. The van der Waals surface area contributed by atoms with Crippen LogP contribution in [0.4, 0.5) is 0 Å². The second kappa shape index (κ2) is 7.74. The van der Waals surface area contributed by atoms with E-state index in [4.69, 9.17) is 4.74 Å². The van der Waals surface area contributed by atoms with Crippen molar-refractivity contribution in [2.45, 2.75) is 65.6 Å². The molecule has 0 aliphatic carbocycles. The van der Waals surface area contributed by atoms with Crippen molar-refractivity contribution < 1.29 is 14.3 Å². The summed E-state index contributed by atoms with van der Waals surface area (Å²) in [6, 6.07) is -0.330. The molecule has 2 amide bonds. The lowest BCUT2D eigenvalue weighted by atomic mass is 10.0. The van der Waals surface area contributed by atoms with Gasteiger partial charge >= 0.3 is 0 Å². The van der Waals surface area contributed by atoms with Gasteiger partial charge in [-0.25, -0.2) is 0 Å². The monoisotopic (exact) mass is 284 g/mol. The number of amides is 2. The van der Waals surface area contributed by atoms with E-state index in [9.17, 15) is 9.59 Å². The molecule has 1 rings (SSSR count). The largest absolute Gasteiger partial charge is 0.380 e. The fourth-order valence-electron chi connectivity index (χ4n) is 2.36. The van der Waals surface area contributed by atoms with Crippen LogP contribution in [0.3, 0.4) is 0 Å². The van der Waals surface area contributed by atoms with E-state index in [0.29, 0.717) is 19.1 Å². The van der Waals surface area contributed by atoms with Gasteiger partial charge in [-0.05, 0) is 26.2 Å². The van der Waals surface area contributed by atoms with Crippen LogP contribution in [0.25, 0.3) is 0 Å². The van der Waals surface area contributed by atoms with Crippen LogP contribution in [-0.2, 0) is 14.3 Å². The molecule has 1 aliphatic heterocycles. The summed E-state index contributed by atoms with van der Waals surface area (Å²) in [5.41, 5.74) is 0. The summed E-state index contributed by atoms with van der Waals surface area (Å²) in [4.78, 5) is 25.8. The molecular formula is C15H28N2O3. The van der Waals surface area contributed by atoms with E-state index >= 15 is 0 Å². The first-order valence-corrected chi connectivity index (χ1v) is 7.61. The van der Waals surface area contributed by atoms with Crippen molar-refractivity contribution in [1.82, 2.24) is 10.2 Å². The van der Waals surface area contributed by atoms with Crippen molar-refractivity contribution in [3.8, 4) is 0 Å². The summed E-state index contributed by atoms with van der Waals surface area (Å²) in [5, 5.41) is 3.30. The Morgan fingerprint density at radius 2 is 1.95 bits per heavy atom. The van der Waals surface area contributed by atoms with Crippen LogP contribution < -0.4 is 5.32 Å². The highest BCUT2D eigenvalue weighted by molar-refractivity contribution is 6.05. The van der Waals surface area contributed by atoms with Gasteiger partial charge in [0, 0.05) is 18.7 Å². The summed E-state index contributed by atoms with van der Waals surface area (Å²) in [6.07, 6.45) is 1.05. The first-order chi connectivity index (χ1) is 9.42. The molecule has 0 saturated carbocycles. The SMILES string of the molecule is CCOCC(NC1CC(=O)N(C(C)CC)C1=O)C(C)C. The van der Waals surface area contributed by atoms with Crippen LogP contribution in [0.15, 0.2) is 0 Å². The first-order valence-electron chi connectivity index (χ1n) is 7.61. The summed E-state index contributed by atoms with van der Waals surface area (Å²) in [5.74, 6) is 0.189. The molecule has 0 spiro atoms. The molecule has 1 fully saturated rings. The van der Waals surface area contributed by atoms with E-state index in [2.05, 4.69) is 19.2 Å². The second-order valence-electron chi connectivity index (χ2n) is 5.79. The van der Waals surface area contributed by atoms with Crippen LogP contribution in [0.1, 0.15) is 47.5 Å². The number of ether oxygens (including phenoxy) is 1. The molecule has 20 heavy (non-hydrogen) atoms. The molecule has 0 aromatic carbocycles. The van der Waals surface area contributed by atoms with Crippen LogP contribution in [0.5, 0.6) is 0 Å². The number of carbonyl (C=O) groups is 2. The number of hydrogen-bond acceptors (Lipinski definition) is 4. The number of carbonyl (C=O) groups excluding carboxylic acids is 2. The minimum atomic E-state index is -0.399. The Labute approximate surface area is 122 Å². The zero-order valence-electron chi connectivity index (χ0n) is 13.3. The third kappa shape index (κ3) is 4.03. The predicted octanol–water partition coefficient (Wildman–Crippen LogP) is 1.56. The highest BCUT2D eigenvalue weighted by Gasteiger charge is 2.41. The molecule has 116 valence electrons. The molecule has 1 saturated heterocycles. The third-order valence-corrected chi connectivity index (χ3v) is 3.94. The van der Waals surface area contributed by atoms with Crippen molar-refractivity contribution in [2.75, 3.05) is 13.2 Å². The molecular weight excluding hydrogens is 256 g/mol. The lowest BCUT2D eigenvalue weighted by molar-refractivity contribution is -0.141. The Bertz CT molecular complexity index is 344. The minimum absolute atomic E-state index is 0.0220. The molecule has 0 bridgehead atoms. The smallest absolute Gasteiger partial charge is 0.247 e. The van der Waals surface area contributed by atoms with Gasteiger partial charge in [-0.3, -0.25) is 14.5 Å². The van der Waals surface area contributed by atoms with Gasteiger partial charge in [-0.15, -0.1) is 0 Å². The zero-order valence-corrected chi connectivity index (χ0v) is 13.3. The Morgan fingerprint density at radius 1 is 1.30 bits per heavy atom. The van der Waals surface area contributed by atoms with Crippen LogP contribution in [0.2, 0.25) is 0 Å². The molecule has 5 heteroatoms. The van der Waals surface area contributed by atoms with Crippen LogP contribution in [-0.4, -0.2) is 48.1 Å². The average molecular weight is 284 g/mol. The summed E-state index contributed by atoms with van der Waals surface area (Å²) < 4.78 is 5.45. The van der Waals surface area contributed by atoms with Gasteiger partial charge in [0.15, 0.2) is 0 Å². The highest BCUT2D eigenvalue weighted by atomic mass is 16.5. The normalized spacial score (nSPS) is 22.7. The zero-order chi connectivity index (χ0) is 15.3. The molecule has 1 aliphatic rings. The lowest BCUT2D eigenvalue weighted by Crippen LogP contribution is -2.49. The van der Waals surface area contributed by atoms with E-state index in [1.54, 1.807) is 0 Å². The molecule has 0 aromatic rings. The van der Waals surface area contributed by atoms with Gasteiger partial charge < -0.3 is 10.1 Å². The lowest BCUT2D eigenvalue weighted by Gasteiger charge is -2.26. The number of nitrogens with zero attached hydrogens (tertiary/aromatic N) is 1. The maximum atomic E-state index is 12.3. The molecule has 1 heterocycles. The second-order valence-corrected chi connectivity index (χ2v) is 5.79. The molecule has 3 unspecified atom stereocenters. The maximum absolute atomic E-state index is 12.3. The van der Waals surface area contributed by atoms with E-state index in [0.717, 1.165) is 6.42 Å². The maximum Gasteiger partial charge on any atom is 0.247 e. The van der Waals surface area contributed by atoms with E-state index in [1.165, 1.54) is 4.90 Å². The van der Waals surface area contributed by atoms with Gasteiger partial charge in [0.2, 0.25) is 11.8 Å². The Morgan fingerprint density at radius 3 is 2.45 bits per heavy atom. The summed E-state index contributed by atoms with van der Waals surface area (Å²) in [7, 11) is 0. The molecule has 5 nitrogen and oxygen atoms in total. The fraction of sp³-hybridized carbons (Fsp3) is 0.867. The minimum Gasteiger partial charge on any atom is -0.380 e. The number of likely N-dealkylation sites (tertiary alicyclic amines) is 1. The molecule has 3 atom stereocenters. The van der Waals surface area contributed by atoms with Crippen molar-refractivity contribution >= 4 is 11.8 Å². The van der Waals surface area contributed by atoms with Gasteiger partial charge in [-0.2, -0.15) is 0 Å². The standard InChI is InChI=1S/C15H28N2O3/c1-6-11(5)17-14(18)8-12(15(17)19)16-13(10(3)4)9-20-7-2/h10-13,16H,6-9H2,1-5H3. The number of nitrogens with one attached hydrogen (secondary N) is 1. The van der Waals surface area contributed by atoms with E-state index < -0.39 is 6.04 Å². The number of hydrogen-bond donors (Lipinski definition) is 1. The number of imide groups is 1. The topological polar surface area (TPSA) is 58.6 Å². The quantitative estimate of drug-likeness (QED) is 0.687. The Kier molecular flexibility index (Phi) is 6.62. The van der Waals surface area contributed by atoms with Crippen LogP contribution >= 0.6 is 0 Å². The summed E-state index contributed by atoms with van der Waals surface area (Å²) >= 11 is 0. The van der Waals surface area contributed by atoms with Gasteiger partial charge in [0.05, 0.1) is 19.1 Å². The van der Waals surface area contributed by atoms with E-state index in [-0.39, 0.29) is 30.3 Å². The average Bonchev–Trinajstić information content (AvgIpc) is 2.68. The number of rotatable bonds is 8. The third-order valence-electron chi connectivity index (χ3n) is 3.94. The van der Waals surface area contributed by atoms with Gasteiger partial charge in [0.25, 0.3) is 0 Å². The highest BCUT2D eigenvalue weighted by Crippen LogP contribution is 2.19. The Hall–Kier alpha value is -0.940. The van der Waals surface area contributed by atoms with E-state index in [1.807, 2.05) is 20.8 Å². The molecule has 0 radical (unpaired) electrons. The van der Waals surface area contributed by atoms with Crippen molar-refractivity contribution in [1.29, 1.82) is 0 Å². The molecule has 0 aromatic heterocycles. The van der Waals surface area contributed by atoms with Crippen LogP contribution in [0, 0.1) is 5.92 Å². The fourth-order valence-corrected chi connectivity index (χ4v) is 2.36. The van der Waals surface area contributed by atoms with Crippen molar-refractivity contribution in [3.63, 3.8) is 0 Å². The Balaban J connectivity index is 2.68. The van der Waals surface area contributed by atoms with Gasteiger partial charge in [0.1, 0.15) is 0 Å².